The van der Waals surface area contributed by atoms with Crippen LogP contribution in [0.2, 0.25) is 0 Å². The molecule has 0 aliphatic rings. The van der Waals surface area contributed by atoms with Gasteiger partial charge in [-0.2, -0.15) is 0 Å². The predicted octanol–water partition coefficient (Wildman–Crippen LogP) is 4.28. The monoisotopic (exact) mass is 301 g/mol. The van der Waals surface area contributed by atoms with Crippen molar-refractivity contribution in [3.8, 4) is 11.5 Å². The van der Waals surface area contributed by atoms with Crippen molar-refractivity contribution in [3.05, 3.63) is 53.9 Å². The number of aromatic hydroxyl groups is 1. The molecule has 1 aromatic heterocycles. The molecule has 0 unspecified atom stereocenters. The van der Waals surface area contributed by atoms with Gasteiger partial charge < -0.3 is 14.3 Å². The van der Waals surface area contributed by atoms with Crippen LogP contribution in [0.5, 0.6) is 11.5 Å². The zero-order valence-corrected chi connectivity index (χ0v) is 12.0. The SMILES string of the molecule is COc1cc(/C=C(\Cl)c2nc3ccccc3o2)ccc1O. The Bertz CT molecular complexity index is 790. The van der Waals surface area contributed by atoms with Gasteiger partial charge in [0.2, 0.25) is 5.89 Å². The zero-order valence-electron chi connectivity index (χ0n) is 11.2. The van der Waals surface area contributed by atoms with Crippen molar-refractivity contribution < 1.29 is 14.3 Å². The van der Waals surface area contributed by atoms with Gasteiger partial charge in [-0.1, -0.05) is 29.8 Å². The topological polar surface area (TPSA) is 55.5 Å². The molecule has 0 bridgehead atoms. The molecule has 0 saturated heterocycles. The highest BCUT2D eigenvalue weighted by atomic mass is 35.5. The molecular weight excluding hydrogens is 290 g/mol. The number of methoxy groups -OCH3 is 1. The molecule has 1 heterocycles. The number of halogens is 1. The van der Waals surface area contributed by atoms with Crippen LogP contribution in [0, 0.1) is 0 Å². The minimum Gasteiger partial charge on any atom is -0.504 e. The van der Waals surface area contributed by atoms with E-state index in [0.717, 1.165) is 11.1 Å². The number of rotatable bonds is 3. The van der Waals surface area contributed by atoms with E-state index < -0.39 is 0 Å². The summed E-state index contributed by atoms with van der Waals surface area (Å²) in [6.07, 6.45) is 1.70. The number of hydrogen-bond donors (Lipinski definition) is 1. The fraction of sp³-hybridized carbons (Fsp3) is 0.0625. The normalized spacial score (nSPS) is 11.8. The minimum atomic E-state index is 0.0765. The molecule has 3 rings (SSSR count). The molecule has 0 spiro atoms. The number of oxazole rings is 1. The molecule has 0 amide bonds. The fourth-order valence-electron chi connectivity index (χ4n) is 1.97. The molecule has 5 heteroatoms. The summed E-state index contributed by atoms with van der Waals surface area (Å²) in [6.45, 7) is 0. The quantitative estimate of drug-likeness (QED) is 0.784. The van der Waals surface area contributed by atoms with E-state index in [9.17, 15) is 5.11 Å². The lowest BCUT2D eigenvalue weighted by Gasteiger charge is -2.03. The third kappa shape index (κ3) is 2.71. The first kappa shape index (κ1) is 13.5. The Morgan fingerprint density at radius 1 is 1.29 bits per heavy atom. The van der Waals surface area contributed by atoms with Crippen molar-refractivity contribution in [3.63, 3.8) is 0 Å². The van der Waals surface area contributed by atoms with E-state index in [1.54, 1.807) is 24.3 Å². The lowest BCUT2D eigenvalue weighted by atomic mass is 10.2. The number of para-hydroxylation sites is 2. The van der Waals surface area contributed by atoms with E-state index in [1.165, 1.54) is 7.11 Å². The van der Waals surface area contributed by atoms with Gasteiger partial charge in [-0.3, -0.25) is 0 Å². The van der Waals surface area contributed by atoms with Gasteiger partial charge in [-0.25, -0.2) is 4.98 Å². The smallest absolute Gasteiger partial charge is 0.238 e. The summed E-state index contributed by atoms with van der Waals surface area (Å²) >= 11 is 6.25. The molecule has 2 aromatic carbocycles. The Hall–Kier alpha value is -2.46. The van der Waals surface area contributed by atoms with Gasteiger partial charge in [0.05, 0.1) is 7.11 Å². The number of nitrogens with zero attached hydrogens (tertiary/aromatic N) is 1. The molecule has 0 atom stereocenters. The van der Waals surface area contributed by atoms with Gasteiger partial charge in [-0.05, 0) is 35.9 Å². The average Bonchev–Trinajstić information content (AvgIpc) is 2.93. The zero-order chi connectivity index (χ0) is 14.8. The van der Waals surface area contributed by atoms with Gasteiger partial charge in [0.1, 0.15) is 10.5 Å². The number of fused-ring (bicyclic) bond motifs is 1. The maximum Gasteiger partial charge on any atom is 0.238 e. The third-order valence-electron chi connectivity index (χ3n) is 3.00. The second-order valence-corrected chi connectivity index (χ2v) is 4.82. The van der Waals surface area contributed by atoms with Crippen LogP contribution < -0.4 is 4.74 Å². The Morgan fingerprint density at radius 2 is 2.10 bits per heavy atom. The van der Waals surface area contributed by atoms with Crippen LogP contribution in [-0.2, 0) is 0 Å². The lowest BCUT2D eigenvalue weighted by molar-refractivity contribution is 0.373. The number of hydrogen-bond acceptors (Lipinski definition) is 4. The highest BCUT2D eigenvalue weighted by molar-refractivity contribution is 6.50. The number of phenols is 1. The summed E-state index contributed by atoms with van der Waals surface area (Å²) < 4.78 is 10.6. The Kier molecular flexibility index (Phi) is 3.54. The number of ether oxygens (including phenoxy) is 1. The molecule has 3 aromatic rings. The molecule has 0 saturated carbocycles. The predicted molar refractivity (Wildman–Crippen MR) is 82.4 cm³/mol. The Balaban J connectivity index is 1.98. The Labute approximate surface area is 126 Å². The van der Waals surface area contributed by atoms with Crippen molar-refractivity contribution in [2.75, 3.05) is 7.11 Å². The maximum atomic E-state index is 9.57. The molecule has 0 fully saturated rings. The first-order chi connectivity index (χ1) is 10.2. The summed E-state index contributed by atoms with van der Waals surface area (Å²) in [6, 6.07) is 12.4. The van der Waals surface area contributed by atoms with Gasteiger partial charge in [-0.15, -0.1) is 0 Å². The molecule has 106 valence electrons. The van der Waals surface area contributed by atoms with Gasteiger partial charge >= 0.3 is 0 Å². The summed E-state index contributed by atoms with van der Waals surface area (Å²) in [5.41, 5.74) is 2.21. The number of phenolic OH excluding ortho intramolecular Hbond substituents is 1. The molecular formula is C16H12ClNO3. The van der Waals surface area contributed by atoms with Crippen LogP contribution in [0.15, 0.2) is 46.9 Å². The molecule has 0 aliphatic carbocycles. The summed E-state index contributed by atoms with van der Waals surface area (Å²) in [7, 11) is 1.49. The number of benzene rings is 2. The molecule has 0 aliphatic heterocycles. The van der Waals surface area contributed by atoms with E-state index in [2.05, 4.69) is 4.98 Å². The van der Waals surface area contributed by atoms with Crippen molar-refractivity contribution in [2.45, 2.75) is 0 Å². The summed E-state index contributed by atoms with van der Waals surface area (Å²) in [5, 5.41) is 9.95. The van der Waals surface area contributed by atoms with E-state index >= 15 is 0 Å². The Morgan fingerprint density at radius 3 is 2.86 bits per heavy atom. The van der Waals surface area contributed by atoms with E-state index in [4.69, 9.17) is 20.8 Å². The second-order valence-electron chi connectivity index (χ2n) is 4.41. The summed E-state index contributed by atoms with van der Waals surface area (Å²) in [4.78, 5) is 4.32. The fourth-order valence-corrected chi connectivity index (χ4v) is 2.17. The molecule has 4 nitrogen and oxygen atoms in total. The largest absolute Gasteiger partial charge is 0.504 e. The van der Waals surface area contributed by atoms with Crippen molar-refractivity contribution in [1.82, 2.24) is 4.98 Å². The van der Waals surface area contributed by atoms with E-state index in [1.807, 2.05) is 24.3 Å². The van der Waals surface area contributed by atoms with Crippen molar-refractivity contribution in [2.24, 2.45) is 0 Å². The molecule has 1 N–H and O–H groups in total. The standard InChI is InChI=1S/C16H12ClNO3/c1-20-15-9-10(6-7-13(15)19)8-11(17)16-18-12-4-2-3-5-14(12)21-16/h2-9,19H,1H3/b11-8-. The van der Waals surface area contributed by atoms with Gasteiger partial charge in [0, 0.05) is 0 Å². The number of aromatic nitrogens is 1. The maximum absolute atomic E-state index is 9.57. The first-order valence-corrected chi connectivity index (χ1v) is 6.65. The third-order valence-corrected chi connectivity index (χ3v) is 3.27. The van der Waals surface area contributed by atoms with Crippen LogP contribution in [-0.4, -0.2) is 17.2 Å². The molecule has 21 heavy (non-hydrogen) atoms. The highest BCUT2D eigenvalue weighted by Gasteiger charge is 2.09. The van der Waals surface area contributed by atoms with Crippen LogP contribution >= 0.6 is 11.6 Å². The van der Waals surface area contributed by atoms with Crippen LogP contribution in [0.4, 0.5) is 0 Å². The van der Waals surface area contributed by atoms with Gasteiger partial charge in [0.25, 0.3) is 0 Å². The second kappa shape index (κ2) is 5.50. The minimum absolute atomic E-state index is 0.0765. The van der Waals surface area contributed by atoms with Crippen molar-refractivity contribution >= 4 is 33.8 Å². The average molecular weight is 302 g/mol. The van der Waals surface area contributed by atoms with E-state index in [0.29, 0.717) is 22.3 Å². The van der Waals surface area contributed by atoms with Crippen molar-refractivity contribution in [1.29, 1.82) is 0 Å². The lowest BCUT2D eigenvalue weighted by Crippen LogP contribution is -1.84. The first-order valence-electron chi connectivity index (χ1n) is 6.27. The highest BCUT2D eigenvalue weighted by Crippen LogP contribution is 2.30. The van der Waals surface area contributed by atoms with Crippen LogP contribution in [0.3, 0.4) is 0 Å². The van der Waals surface area contributed by atoms with Crippen LogP contribution in [0.1, 0.15) is 11.5 Å². The van der Waals surface area contributed by atoms with E-state index in [-0.39, 0.29) is 5.75 Å². The molecule has 0 radical (unpaired) electrons. The summed E-state index contributed by atoms with van der Waals surface area (Å²) in [5.74, 6) is 0.809. The van der Waals surface area contributed by atoms with Crippen LogP contribution in [0.25, 0.3) is 22.2 Å². The van der Waals surface area contributed by atoms with Gasteiger partial charge in [0.15, 0.2) is 17.1 Å².